The summed E-state index contributed by atoms with van der Waals surface area (Å²) in [7, 11) is 2.58. The number of hydrogen-bond acceptors (Lipinski definition) is 7. The van der Waals surface area contributed by atoms with E-state index in [-0.39, 0.29) is 0 Å². The highest BCUT2D eigenvalue weighted by Crippen LogP contribution is 2.52. The lowest BCUT2D eigenvalue weighted by Gasteiger charge is -2.37. The summed E-state index contributed by atoms with van der Waals surface area (Å²) in [6.07, 6.45) is 2.47. The number of rotatable bonds is 6. The molecule has 39 heavy (non-hydrogen) atoms. The minimum Gasteiger partial charge on any atom is -0.481 e. The fourth-order valence-corrected chi connectivity index (χ4v) is 5.74. The summed E-state index contributed by atoms with van der Waals surface area (Å²) in [6, 6.07) is 6.95. The Morgan fingerprint density at radius 3 is 2.31 bits per heavy atom. The van der Waals surface area contributed by atoms with Crippen LogP contribution in [0.25, 0.3) is 22.3 Å². The molecule has 0 saturated heterocycles. The number of aliphatic hydroxyl groups excluding tert-OH is 1. The zero-order valence-electron chi connectivity index (χ0n) is 24.0. The third kappa shape index (κ3) is 5.90. The fraction of sp³-hybridized carbons (Fsp3) is 0.400. The molecule has 0 saturated carbocycles. The second kappa shape index (κ2) is 11.9. The van der Waals surface area contributed by atoms with E-state index in [4.69, 9.17) is 14.6 Å². The lowest BCUT2D eigenvalue weighted by molar-refractivity contribution is -0.160. The number of ether oxygens (including phenoxy) is 2. The van der Waals surface area contributed by atoms with E-state index in [1.165, 1.54) is 6.07 Å². The highest BCUT2D eigenvalue weighted by molar-refractivity contribution is 7.99. The van der Waals surface area contributed by atoms with E-state index in [1.807, 2.05) is 59.9 Å². The highest BCUT2D eigenvalue weighted by atomic mass is 32.2. The van der Waals surface area contributed by atoms with Crippen LogP contribution in [0.15, 0.2) is 30.5 Å². The van der Waals surface area contributed by atoms with Crippen molar-refractivity contribution >= 4 is 23.6 Å². The maximum absolute atomic E-state index is 15.6. The van der Waals surface area contributed by atoms with E-state index >= 15 is 4.39 Å². The monoisotopic (exact) mass is 556 g/mol. The Labute approximate surface area is 234 Å². The van der Waals surface area contributed by atoms with Crippen molar-refractivity contribution in [2.75, 3.05) is 24.8 Å². The fourth-order valence-electron chi connectivity index (χ4n) is 5.06. The number of halogens is 1. The van der Waals surface area contributed by atoms with Gasteiger partial charge in [0.2, 0.25) is 5.88 Å². The molecule has 0 spiro atoms. The number of carboxylic acids is 1. The van der Waals surface area contributed by atoms with Gasteiger partial charge in [-0.15, -0.1) is 0 Å². The van der Waals surface area contributed by atoms with Gasteiger partial charge in [-0.2, -0.15) is 0 Å². The topological polar surface area (TPSA) is 92.1 Å². The molecule has 1 aliphatic rings. The summed E-state index contributed by atoms with van der Waals surface area (Å²) in [6.45, 7) is 11.7. The van der Waals surface area contributed by atoms with Gasteiger partial charge in [0.05, 0.1) is 24.9 Å². The number of aliphatic hydroxyl groups is 1. The third-order valence-electron chi connectivity index (χ3n) is 6.59. The van der Waals surface area contributed by atoms with Crippen LogP contribution in [-0.4, -0.2) is 47.2 Å². The summed E-state index contributed by atoms with van der Waals surface area (Å²) in [5, 5.41) is 17.4. The van der Waals surface area contributed by atoms with Crippen molar-refractivity contribution in [3.8, 4) is 28.1 Å². The first-order valence-electron chi connectivity index (χ1n) is 12.5. The van der Waals surface area contributed by atoms with Crippen LogP contribution in [0.2, 0.25) is 0 Å². The van der Waals surface area contributed by atoms with Crippen molar-refractivity contribution in [1.82, 2.24) is 4.98 Å². The predicted molar refractivity (Wildman–Crippen MR) is 155 cm³/mol. The Morgan fingerprint density at radius 1 is 1.10 bits per heavy atom. The van der Waals surface area contributed by atoms with Crippen LogP contribution in [0.5, 0.6) is 5.88 Å². The zero-order valence-corrected chi connectivity index (χ0v) is 24.8. The number of fused-ring (bicyclic) bond motifs is 3. The molecule has 0 unspecified atom stereocenters. The number of carboxylic acid groups (broad SMARTS) is 1. The number of benzene rings is 2. The van der Waals surface area contributed by atoms with Crippen LogP contribution in [-0.2, 0) is 16.1 Å². The molecule has 1 aliphatic heterocycles. The highest BCUT2D eigenvalue weighted by Gasteiger charge is 2.37. The van der Waals surface area contributed by atoms with Gasteiger partial charge in [0.25, 0.3) is 0 Å². The van der Waals surface area contributed by atoms with Gasteiger partial charge in [0.15, 0.2) is 6.10 Å². The first-order valence-corrected chi connectivity index (χ1v) is 13.7. The average Bonchev–Trinajstić information content (AvgIpc) is 2.89. The summed E-state index contributed by atoms with van der Waals surface area (Å²) >= 11 is 1.55. The van der Waals surface area contributed by atoms with Gasteiger partial charge >= 0.3 is 5.97 Å². The number of hydrogen-bond donors (Lipinski definition) is 2. The van der Waals surface area contributed by atoms with E-state index in [1.54, 1.807) is 31.3 Å². The number of methoxy groups -OCH3 is 1. The molecule has 1 aromatic heterocycles. The molecular formula is C30H37FN2O5S. The molecule has 2 N–H and O–H groups in total. The van der Waals surface area contributed by atoms with Gasteiger partial charge in [-0.1, -0.05) is 24.1 Å². The maximum atomic E-state index is 15.6. The first-order chi connectivity index (χ1) is 18.4. The van der Waals surface area contributed by atoms with Crippen molar-refractivity contribution in [1.29, 1.82) is 0 Å². The number of pyridine rings is 1. The summed E-state index contributed by atoms with van der Waals surface area (Å²) in [5.41, 5.74) is 6.64. The molecular weight excluding hydrogens is 519 g/mol. The molecule has 0 aliphatic carbocycles. The van der Waals surface area contributed by atoms with Gasteiger partial charge < -0.3 is 24.0 Å². The van der Waals surface area contributed by atoms with Gasteiger partial charge in [0.1, 0.15) is 5.82 Å². The molecule has 3 aromatic rings. The number of carbonyl (C=O) groups is 1. The predicted octanol–water partition coefficient (Wildman–Crippen LogP) is 6.64. The van der Waals surface area contributed by atoms with Crippen molar-refractivity contribution in [2.24, 2.45) is 0 Å². The molecule has 0 radical (unpaired) electrons. The number of nitrogens with zero attached hydrogens (tertiary/aromatic N) is 2. The average molecular weight is 557 g/mol. The Morgan fingerprint density at radius 2 is 1.77 bits per heavy atom. The molecule has 4 rings (SSSR count). The molecule has 1 atom stereocenters. The van der Waals surface area contributed by atoms with Crippen molar-refractivity contribution in [3.05, 3.63) is 64.1 Å². The summed E-state index contributed by atoms with van der Waals surface area (Å²) in [4.78, 5) is 17.1. The maximum Gasteiger partial charge on any atom is 0.337 e. The minimum absolute atomic E-state index is 0.344. The molecule has 0 bridgehead atoms. The summed E-state index contributed by atoms with van der Waals surface area (Å²) < 4.78 is 29.2. The van der Waals surface area contributed by atoms with Crippen molar-refractivity contribution in [3.63, 3.8) is 0 Å². The third-order valence-corrected chi connectivity index (χ3v) is 7.35. The summed E-state index contributed by atoms with van der Waals surface area (Å²) in [5.74, 6) is -1.01. The minimum atomic E-state index is -1.29. The molecule has 2 heterocycles. The number of aromatic nitrogens is 1. The van der Waals surface area contributed by atoms with Crippen LogP contribution in [0.1, 0.15) is 54.7 Å². The Hall–Kier alpha value is -3.14. The van der Waals surface area contributed by atoms with Crippen LogP contribution < -0.4 is 9.04 Å². The quantitative estimate of drug-likeness (QED) is 0.327. The first kappa shape index (κ1) is 30.4. The number of aliphatic carboxylic acids is 1. The van der Waals surface area contributed by atoms with Crippen molar-refractivity contribution in [2.45, 2.75) is 59.8 Å². The SMILES string of the molecule is CO.COc1cc2c(cn1)-c1c(C)c(-c3ccc(C)cc3F)c([C@H](OC(C)(C)C)C(=O)O)c(C)c1N(SC)C2. The smallest absolute Gasteiger partial charge is 0.337 e. The standard InChI is InChI=1S/C29H33FN2O4S.CH4O/c1-15-9-10-19(21(30)11-15)23-16(2)24-20-13-31-22(35-7)12-18(20)14-32(37-8)26(24)17(3)25(23)27(28(33)34)36-29(4,5)6;1-2/h9-13,27H,14H2,1-8H3,(H,33,34);2H,1H3/t27-;/m0./s1. The molecule has 210 valence electrons. The second-order valence-electron chi connectivity index (χ2n) is 10.3. The van der Waals surface area contributed by atoms with E-state index in [0.717, 1.165) is 46.2 Å². The van der Waals surface area contributed by atoms with Crippen LogP contribution in [0.3, 0.4) is 0 Å². The number of aryl methyl sites for hydroxylation is 1. The van der Waals surface area contributed by atoms with Gasteiger partial charge in [-0.25, -0.2) is 14.2 Å². The van der Waals surface area contributed by atoms with Crippen LogP contribution in [0.4, 0.5) is 10.1 Å². The van der Waals surface area contributed by atoms with Gasteiger partial charge in [0, 0.05) is 47.9 Å². The molecule has 0 fully saturated rings. The van der Waals surface area contributed by atoms with Gasteiger partial charge in [-0.3, -0.25) is 0 Å². The van der Waals surface area contributed by atoms with Crippen LogP contribution >= 0.6 is 11.9 Å². The Bertz CT molecular complexity index is 1390. The Kier molecular flexibility index (Phi) is 9.31. The van der Waals surface area contributed by atoms with E-state index in [0.29, 0.717) is 29.1 Å². The zero-order chi connectivity index (χ0) is 29.2. The van der Waals surface area contributed by atoms with Gasteiger partial charge in [-0.05, 0) is 75.4 Å². The van der Waals surface area contributed by atoms with Crippen LogP contribution in [0, 0.1) is 26.6 Å². The van der Waals surface area contributed by atoms with E-state index < -0.39 is 23.5 Å². The lowest BCUT2D eigenvalue weighted by Crippen LogP contribution is -2.30. The second-order valence-corrected chi connectivity index (χ2v) is 11.1. The normalized spacial score (nSPS) is 13.2. The molecule has 2 aromatic carbocycles. The van der Waals surface area contributed by atoms with E-state index in [2.05, 4.69) is 9.29 Å². The van der Waals surface area contributed by atoms with Crippen molar-refractivity contribution < 1.29 is 28.9 Å². The molecule has 0 amide bonds. The van der Waals surface area contributed by atoms with E-state index in [9.17, 15) is 9.90 Å². The molecule has 9 heteroatoms. The lowest BCUT2D eigenvalue weighted by atomic mass is 9.80. The largest absolute Gasteiger partial charge is 0.481 e. The molecule has 7 nitrogen and oxygen atoms in total. The Balaban J connectivity index is 0.00000205. The number of anilines is 1.